The van der Waals surface area contributed by atoms with Gasteiger partial charge in [-0.05, 0) is 68.0 Å². The molecule has 0 aliphatic carbocycles. The van der Waals surface area contributed by atoms with E-state index in [1.54, 1.807) is 23.1 Å². The van der Waals surface area contributed by atoms with Crippen LogP contribution in [0.2, 0.25) is 5.02 Å². The van der Waals surface area contributed by atoms with E-state index in [0.29, 0.717) is 42.1 Å². The largest absolute Gasteiger partial charge is 0.491 e. The van der Waals surface area contributed by atoms with Crippen LogP contribution in [0, 0.1) is 19.7 Å². The van der Waals surface area contributed by atoms with Gasteiger partial charge in [0.1, 0.15) is 23.8 Å². The van der Waals surface area contributed by atoms with Crippen LogP contribution in [-0.2, 0) is 11.2 Å². The number of carbonyl (C=O) groups is 1. The number of β-amino-alcohol motifs (C(OH)–C–C–N with tert-alkyl or cyclic N) is 1. The highest BCUT2D eigenvalue weighted by atomic mass is 35.5. The summed E-state index contributed by atoms with van der Waals surface area (Å²) in [5.41, 5.74) is 1.27. The average molecular weight is 420 g/mol. The first-order valence-corrected chi connectivity index (χ1v) is 10.3. The summed E-state index contributed by atoms with van der Waals surface area (Å²) in [6, 6.07) is 10.2. The fourth-order valence-corrected chi connectivity index (χ4v) is 3.86. The van der Waals surface area contributed by atoms with Gasteiger partial charge < -0.3 is 14.7 Å². The third-order valence-corrected chi connectivity index (χ3v) is 5.99. The van der Waals surface area contributed by atoms with Gasteiger partial charge in [0, 0.05) is 18.0 Å². The van der Waals surface area contributed by atoms with Crippen molar-refractivity contribution in [2.45, 2.75) is 45.1 Å². The maximum atomic E-state index is 13.8. The van der Waals surface area contributed by atoms with E-state index in [2.05, 4.69) is 0 Å². The monoisotopic (exact) mass is 419 g/mol. The van der Waals surface area contributed by atoms with E-state index in [1.165, 1.54) is 6.07 Å². The van der Waals surface area contributed by atoms with Crippen molar-refractivity contribution in [2.24, 2.45) is 0 Å². The molecule has 1 fully saturated rings. The molecule has 2 aromatic carbocycles. The lowest BCUT2D eigenvalue weighted by molar-refractivity contribution is -0.140. The zero-order valence-electron chi connectivity index (χ0n) is 16.9. The van der Waals surface area contributed by atoms with E-state index < -0.39 is 5.60 Å². The summed E-state index contributed by atoms with van der Waals surface area (Å²) in [7, 11) is 0. The summed E-state index contributed by atoms with van der Waals surface area (Å²) in [6.45, 7) is 4.73. The second-order valence-corrected chi connectivity index (χ2v) is 8.27. The number of carbonyl (C=O) groups excluding carboxylic acids is 1. The van der Waals surface area contributed by atoms with Crippen LogP contribution in [-0.4, -0.2) is 41.2 Å². The Balaban J connectivity index is 1.57. The Kier molecular flexibility index (Phi) is 6.81. The van der Waals surface area contributed by atoms with Crippen molar-refractivity contribution < 1.29 is 19.0 Å². The summed E-state index contributed by atoms with van der Waals surface area (Å²) in [4.78, 5) is 14.3. The number of aryl methyl sites for hydroxylation is 3. The molecule has 1 aliphatic rings. The lowest BCUT2D eigenvalue weighted by Crippen LogP contribution is -2.53. The Hall–Kier alpha value is -2.11. The molecular weight excluding hydrogens is 393 g/mol. The van der Waals surface area contributed by atoms with Gasteiger partial charge >= 0.3 is 0 Å². The number of amides is 1. The first-order chi connectivity index (χ1) is 13.8. The van der Waals surface area contributed by atoms with Gasteiger partial charge in [0.15, 0.2) is 0 Å². The van der Waals surface area contributed by atoms with Gasteiger partial charge in [-0.3, -0.25) is 4.79 Å². The van der Waals surface area contributed by atoms with Gasteiger partial charge in [0.25, 0.3) is 0 Å². The minimum atomic E-state index is -1.10. The molecule has 1 unspecified atom stereocenters. The fraction of sp³-hybridized carbons (Fsp3) is 0.435. The molecular formula is C23H27ClFNO3. The number of benzene rings is 2. The molecule has 1 aliphatic heterocycles. The van der Waals surface area contributed by atoms with Crippen molar-refractivity contribution in [1.29, 1.82) is 0 Å². The predicted molar refractivity (Wildman–Crippen MR) is 112 cm³/mol. The Bertz CT molecular complexity index is 865. The number of ether oxygens (including phenoxy) is 1. The Morgan fingerprint density at radius 2 is 1.97 bits per heavy atom. The Labute approximate surface area is 176 Å². The van der Waals surface area contributed by atoms with Crippen LogP contribution >= 0.6 is 11.6 Å². The summed E-state index contributed by atoms with van der Waals surface area (Å²) in [6.07, 6.45) is 1.83. The molecule has 1 atom stereocenters. The molecule has 0 spiro atoms. The lowest BCUT2D eigenvalue weighted by atomic mass is 9.93. The van der Waals surface area contributed by atoms with E-state index in [-0.39, 0.29) is 31.3 Å². The minimum absolute atomic E-state index is 0.0791. The SMILES string of the molecule is Cc1cc(OCC2(O)CCCN(C(=O)CCc3ccccc3F)C2)cc(C)c1Cl. The molecule has 1 heterocycles. The zero-order chi connectivity index (χ0) is 21.0. The van der Waals surface area contributed by atoms with Gasteiger partial charge in [0.05, 0.1) is 6.54 Å². The summed E-state index contributed by atoms with van der Waals surface area (Å²) < 4.78 is 19.6. The number of halogens is 2. The van der Waals surface area contributed by atoms with Crippen LogP contribution in [0.15, 0.2) is 36.4 Å². The van der Waals surface area contributed by atoms with Crippen molar-refractivity contribution in [3.8, 4) is 5.75 Å². The van der Waals surface area contributed by atoms with Crippen LogP contribution in [0.5, 0.6) is 5.75 Å². The van der Waals surface area contributed by atoms with E-state index in [4.69, 9.17) is 16.3 Å². The van der Waals surface area contributed by atoms with Gasteiger partial charge in [0.2, 0.25) is 5.91 Å². The van der Waals surface area contributed by atoms with E-state index >= 15 is 0 Å². The number of rotatable bonds is 6. The molecule has 0 saturated carbocycles. The molecule has 2 aromatic rings. The second-order valence-electron chi connectivity index (χ2n) is 7.89. The first-order valence-electron chi connectivity index (χ1n) is 9.90. The molecule has 1 N–H and O–H groups in total. The van der Waals surface area contributed by atoms with Crippen LogP contribution < -0.4 is 4.74 Å². The van der Waals surface area contributed by atoms with E-state index in [0.717, 1.165) is 11.1 Å². The predicted octanol–water partition coefficient (Wildman–Crippen LogP) is 4.46. The third-order valence-electron chi connectivity index (χ3n) is 5.39. The third kappa shape index (κ3) is 5.49. The highest BCUT2D eigenvalue weighted by Gasteiger charge is 2.36. The summed E-state index contributed by atoms with van der Waals surface area (Å²) >= 11 is 6.19. The Morgan fingerprint density at radius 1 is 1.28 bits per heavy atom. The molecule has 0 radical (unpaired) electrons. The minimum Gasteiger partial charge on any atom is -0.491 e. The standard InChI is InChI=1S/C23H27ClFNO3/c1-16-12-19(13-17(2)22(16)24)29-15-23(28)10-5-11-26(14-23)21(27)9-8-18-6-3-4-7-20(18)25/h3-4,6-7,12-13,28H,5,8-11,14-15H2,1-2H3. The Morgan fingerprint density at radius 3 is 2.66 bits per heavy atom. The van der Waals surface area contributed by atoms with Crippen LogP contribution in [0.4, 0.5) is 4.39 Å². The zero-order valence-corrected chi connectivity index (χ0v) is 17.6. The van der Waals surface area contributed by atoms with Crippen molar-refractivity contribution in [1.82, 2.24) is 4.90 Å². The molecule has 156 valence electrons. The van der Waals surface area contributed by atoms with Gasteiger partial charge in [-0.1, -0.05) is 29.8 Å². The smallest absolute Gasteiger partial charge is 0.223 e. The van der Waals surface area contributed by atoms with Crippen LogP contribution in [0.1, 0.15) is 36.0 Å². The molecule has 4 nitrogen and oxygen atoms in total. The van der Waals surface area contributed by atoms with Crippen molar-refractivity contribution >= 4 is 17.5 Å². The maximum absolute atomic E-state index is 13.8. The molecule has 0 bridgehead atoms. The molecule has 3 rings (SSSR count). The number of aliphatic hydroxyl groups is 1. The number of likely N-dealkylation sites (tertiary alicyclic amines) is 1. The maximum Gasteiger partial charge on any atom is 0.223 e. The molecule has 1 amide bonds. The number of hydrogen-bond acceptors (Lipinski definition) is 3. The fourth-order valence-electron chi connectivity index (χ4n) is 3.75. The van der Waals surface area contributed by atoms with Crippen molar-refractivity contribution in [3.63, 3.8) is 0 Å². The quantitative estimate of drug-likeness (QED) is 0.752. The first kappa shape index (κ1) is 21.6. The number of piperidine rings is 1. The number of hydrogen-bond donors (Lipinski definition) is 1. The lowest BCUT2D eigenvalue weighted by Gasteiger charge is -2.39. The molecule has 1 saturated heterocycles. The van der Waals surface area contributed by atoms with E-state index in [1.807, 2.05) is 26.0 Å². The summed E-state index contributed by atoms with van der Waals surface area (Å²) in [5.74, 6) is 0.280. The second kappa shape index (κ2) is 9.14. The average Bonchev–Trinajstić information content (AvgIpc) is 2.69. The summed E-state index contributed by atoms with van der Waals surface area (Å²) in [5, 5.41) is 11.7. The highest BCUT2D eigenvalue weighted by Crippen LogP contribution is 2.28. The van der Waals surface area contributed by atoms with Crippen molar-refractivity contribution in [3.05, 3.63) is 63.9 Å². The number of nitrogens with zero attached hydrogens (tertiary/aromatic N) is 1. The molecule has 6 heteroatoms. The van der Waals surface area contributed by atoms with Crippen molar-refractivity contribution in [2.75, 3.05) is 19.7 Å². The normalized spacial score (nSPS) is 19.3. The van der Waals surface area contributed by atoms with E-state index in [9.17, 15) is 14.3 Å². The topological polar surface area (TPSA) is 49.8 Å². The van der Waals surface area contributed by atoms with Gasteiger partial charge in [-0.25, -0.2) is 4.39 Å². The van der Waals surface area contributed by atoms with Crippen LogP contribution in [0.3, 0.4) is 0 Å². The molecule has 29 heavy (non-hydrogen) atoms. The van der Waals surface area contributed by atoms with Gasteiger partial charge in [-0.2, -0.15) is 0 Å². The highest BCUT2D eigenvalue weighted by molar-refractivity contribution is 6.32. The van der Waals surface area contributed by atoms with Crippen LogP contribution in [0.25, 0.3) is 0 Å². The van der Waals surface area contributed by atoms with Gasteiger partial charge in [-0.15, -0.1) is 0 Å². The molecule has 0 aromatic heterocycles.